The number of hydrogen-bond donors (Lipinski definition) is 1. The molecule has 3 aromatic rings. The summed E-state index contributed by atoms with van der Waals surface area (Å²) in [7, 11) is -2.28. The van der Waals surface area contributed by atoms with Crippen molar-refractivity contribution in [2.75, 3.05) is 29.8 Å². The Morgan fingerprint density at radius 2 is 1.44 bits per heavy atom. The summed E-state index contributed by atoms with van der Waals surface area (Å²) in [6.07, 6.45) is 3.08. The van der Waals surface area contributed by atoms with Gasteiger partial charge in [0.2, 0.25) is 0 Å². The number of nitrogens with one attached hydrogen (secondary N) is 1. The van der Waals surface area contributed by atoms with Crippen LogP contribution in [0.1, 0.15) is 40.0 Å². The van der Waals surface area contributed by atoms with E-state index in [2.05, 4.69) is 5.32 Å². The van der Waals surface area contributed by atoms with Gasteiger partial charge in [0.1, 0.15) is 0 Å². The lowest BCUT2D eigenvalue weighted by molar-refractivity contribution is 0.0725. The van der Waals surface area contributed by atoms with E-state index in [1.165, 1.54) is 35.6 Å². The zero-order valence-corrected chi connectivity index (χ0v) is 19.8. The van der Waals surface area contributed by atoms with Crippen LogP contribution in [-0.4, -0.2) is 45.3 Å². The third kappa shape index (κ3) is 4.97. The maximum Gasteiger partial charge on any atom is 0.264 e. The van der Waals surface area contributed by atoms with E-state index in [1.807, 2.05) is 11.0 Å². The number of likely N-dealkylation sites (tertiary alicyclic amines) is 1. The number of piperidine rings is 1. The first-order valence-corrected chi connectivity index (χ1v) is 12.7. The van der Waals surface area contributed by atoms with Gasteiger partial charge in [-0.05, 0) is 67.8 Å². The highest BCUT2D eigenvalue weighted by atomic mass is 32.2. The quantitative estimate of drug-likeness (QED) is 0.571. The normalized spacial score (nSPS) is 13.9. The number of anilines is 2. The lowest BCUT2D eigenvalue weighted by Gasteiger charge is -2.27. The van der Waals surface area contributed by atoms with Crippen LogP contribution in [0.5, 0.6) is 0 Å². The second-order valence-electron chi connectivity index (χ2n) is 8.19. The molecule has 0 atom stereocenters. The molecule has 1 aliphatic heterocycles. The zero-order valence-electron chi connectivity index (χ0n) is 19.0. The number of amides is 2. The first-order valence-electron chi connectivity index (χ1n) is 11.2. The maximum absolute atomic E-state index is 13.0. The predicted octanol–water partition coefficient (Wildman–Crippen LogP) is 4.39. The number of hydrogen-bond acceptors (Lipinski definition) is 4. The van der Waals surface area contributed by atoms with E-state index in [-0.39, 0.29) is 10.8 Å². The highest BCUT2D eigenvalue weighted by Gasteiger charge is 2.23. The van der Waals surface area contributed by atoms with Crippen LogP contribution in [0.2, 0.25) is 0 Å². The number of para-hydroxylation sites is 2. The molecule has 1 N–H and O–H groups in total. The van der Waals surface area contributed by atoms with Crippen molar-refractivity contribution < 1.29 is 18.0 Å². The molecule has 8 heteroatoms. The third-order valence-corrected chi connectivity index (χ3v) is 7.74. The van der Waals surface area contributed by atoms with Crippen molar-refractivity contribution in [3.63, 3.8) is 0 Å². The van der Waals surface area contributed by atoms with Gasteiger partial charge in [0, 0.05) is 25.7 Å². The Kier molecular flexibility index (Phi) is 6.98. The molecule has 34 heavy (non-hydrogen) atoms. The summed E-state index contributed by atoms with van der Waals surface area (Å²) >= 11 is 0. The van der Waals surface area contributed by atoms with Crippen LogP contribution >= 0.6 is 0 Å². The SMILES string of the molecule is CN(c1ccccc1)S(=O)(=O)c1ccc(C(=O)Nc2ccccc2C(=O)N2CCCCC2)cc1. The van der Waals surface area contributed by atoms with E-state index < -0.39 is 15.9 Å². The molecule has 0 saturated carbocycles. The first kappa shape index (κ1) is 23.5. The highest BCUT2D eigenvalue weighted by Crippen LogP contribution is 2.23. The molecule has 0 aliphatic carbocycles. The molecule has 0 unspecified atom stereocenters. The summed E-state index contributed by atoms with van der Waals surface area (Å²) < 4.78 is 27.1. The first-order chi connectivity index (χ1) is 16.4. The molecule has 0 aromatic heterocycles. The fraction of sp³-hybridized carbons (Fsp3) is 0.231. The molecule has 2 amide bonds. The Morgan fingerprint density at radius 3 is 2.12 bits per heavy atom. The van der Waals surface area contributed by atoms with Gasteiger partial charge in [0.25, 0.3) is 21.8 Å². The van der Waals surface area contributed by atoms with Crippen molar-refractivity contribution in [3.05, 3.63) is 90.0 Å². The molecular weight excluding hydrogens is 450 g/mol. The van der Waals surface area contributed by atoms with Crippen LogP contribution in [0, 0.1) is 0 Å². The molecule has 0 bridgehead atoms. The van der Waals surface area contributed by atoms with Gasteiger partial charge in [-0.2, -0.15) is 0 Å². The van der Waals surface area contributed by atoms with Gasteiger partial charge in [-0.3, -0.25) is 13.9 Å². The Labute approximate surface area is 200 Å². The molecular formula is C26H27N3O4S. The van der Waals surface area contributed by atoms with Crippen molar-refractivity contribution >= 4 is 33.2 Å². The molecule has 3 aromatic carbocycles. The molecule has 1 saturated heterocycles. The van der Waals surface area contributed by atoms with Crippen molar-refractivity contribution in [1.82, 2.24) is 4.90 Å². The second-order valence-corrected chi connectivity index (χ2v) is 10.2. The van der Waals surface area contributed by atoms with Crippen LogP contribution in [-0.2, 0) is 10.0 Å². The summed E-state index contributed by atoms with van der Waals surface area (Å²) in [4.78, 5) is 27.8. The highest BCUT2D eigenvalue weighted by molar-refractivity contribution is 7.92. The minimum Gasteiger partial charge on any atom is -0.339 e. The van der Waals surface area contributed by atoms with Crippen molar-refractivity contribution in [3.8, 4) is 0 Å². The van der Waals surface area contributed by atoms with E-state index in [0.29, 0.717) is 35.6 Å². The van der Waals surface area contributed by atoms with Crippen LogP contribution < -0.4 is 9.62 Å². The van der Waals surface area contributed by atoms with Crippen LogP contribution in [0.4, 0.5) is 11.4 Å². The Bertz CT molecular complexity index is 1270. The fourth-order valence-corrected chi connectivity index (χ4v) is 5.15. The van der Waals surface area contributed by atoms with Gasteiger partial charge < -0.3 is 10.2 Å². The maximum atomic E-state index is 13.0. The Morgan fingerprint density at radius 1 is 0.824 bits per heavy atom. The summed E-state index contributed by atoms with van der Waals surface area (Å²) in [5.74, 6) is -0.514. The second kappa shape index (κ2) is 10.1. The van der Waals surface area contributed by atoms with Crippen molar-refractivity contribution in [2.24, 2.45) is 0 Å². The van der Waals surface area contributed by atoms with Crippen LogP contribution in [0.3, 0.4) is 0 Å². The minimum absolute atomic E-state index is 0.0797. The minimum atomic E-state index is -3.77. The van der Waals surface area contributed by atoms with E-state index >= 15 is 0 Å². The number of carbonyl (C=O) groups is 2. The molecule has 7 nitrogen and oxygen atoms in total. The molecule has 1 fully saturated rings. The monoisotopic (exact) mass is 477 g/mol. The Hall–Kier alpha value is -3.65. The van der Waals surface area contributed by atoms with Crippen LogP contribution in [0.25, 0.3) is 0 Å². The molecule has 4 rings (SSSR count). The fourth-order valence-electron chi connectivity index (χ4n) is 3.95. The molecule has 0 radical (unpaired) electrons. The number of benzene rings is 3. The lowest BCUT2D eigenvalue weighted by atomic mass is 10.1. The Balaban J connectivity index is 1.50. The average molecular weight is 478 g/mol. The van der Waals surface area contributed by atoms with Crippen LogP contribution in [0.15, 0.2) is 83.8 Å². The summed E-state index contributed by atoms with van der Waals surface area (Å²) in [6, 6.07) is 21.5. The molecule has 0 spiro atoms. The molecule has 1 heterocycles. The van der Waals surface area contributed by atoms with Gasteiger partial charge in [0.05, 0.1) is 21.8 Å². The lowest BCUT2D eigenvalue weighted by Crippen LogP contribution is -2.36. The zero-order chi connectivity index (χ0) is 24.1. The average Bonchev–Trinajstić information content (AvgIpc) is 2.89. The van der Waals surface area contributed by atoms with Gasteiger partial charge >= 0.3 is 0 Å². The van der Waals surface area contributed by atoms with E-state index in [4.69, 9.17) is 0 Å². The standard InChI is InChI=1S/C26H27N3O4S/c1-28(21-10-4-2-5-11-21)34(32,33)22-16-14-20(15-17-22)25(30)27-24-13-7-6-12-23(24)26(31)29-18-8-3-9-19-29/h2,4-7,10-17H,3,8-9,18-19H2,1H3,(H,27,30). The van der Waals surface area contributed by atoms with Crippen molar-refractivity contribution in [2.45, 2.75) is 24.2 Å². The largest absolute Gasteiger partial charge is 0.339 e. The van der Waals surface area contributed by atoms with Gasteiger partial charge in [-0.25, -0.2) is 8.42 Å². The summed E-state index contributed by atoms with van der Waals surface area (Å²) in [5, 5.41) is 2.81. The molecule has 1 aliphatic rings. The van der Waals surface area contributed by atoms with Gasteiger partial charge in [-0.15, -0.1) is 0 Å². The number of rotatable bonds is 6. The topological polar surface area (TPSA) is 86.8 Å². The van der Waals surface area contributed by atoms with E-state index in [0.717, 1.165) is 19.3 Å². The summed E-state index contributed by atoms with van der Waals surface area (Å²) in [6.45, 7) is 1.43. The predicted molar refractivity (Wildman–Crippen MR) is 133 cm³/mol. The number of sulfonamides is 1. The van der Waals surface area contributed by atoms with E-state index in [9.17, 15) is 18.0 Å². The number of carbonyl (C=O) groups excluding carboxylic acids is 2. The number of nitrogens with zero attached hydrogens (tertiary/aromatic N) is 2. The summed E-state index contributed by atoms with van der Waals surface area (Å²) in [5.41, 5.74) is 1.71. The molecule has 176 valence electrons. The van der Waals surface area contributed by atoms with Gasteiger partial charge in [-0.1, -0.05) is 30.3 Å². The smallest absolute Gasteiger partial charge is 0.264 e. The van der Waals surface area contributed by atoms with Crippen molar-refractivity contribution in [1.29, 1.82) is 0 Å². The third-order valence-electron chi connectivity index (χ3n) is 5.94. The van der Waals surface area contributed by atoms with E-state index in [1.54, 1.807) is 48.5 Å². The van der Waals surface area contributed by atoms with Gasteiger partial charge in [0.15, 0.2) is 0 Å².